The van der Waals surface area contributed by atoms with Gasteiger partial charge in [0.05, 0.1) is 10.7 Å². The van der Waals surface area contributed by atoms with Crippen LogP contribution >= 0.6 is 35.3 Å². The summed E-state index contributed by atoms with van der Waals surface area (Å²) < 4.78 is 0. The molecule has 1 fully saturated rings. The highest BCUT2D eigenvalue weighted by atomic mass is 127. The highest BCUT2D eigenvalue weighted by Crippen LogP contribution is 2.15. The third-order valence-electron chi connectivity index (χ3n) is 4.70. The molecule has 1 saturated heterocycles. The summed E-state index contributed by atoms with van der Waals surface area (Å²) in [5.41, 5.74) is 1.18. The lowest BCUT2D eigenvalue weighted by atomic mass is 9.99. The van der Waals surface area contributed by atoms with E-state index in [2.05, 4.69) is 46.7 Å². The van der Waals surface area contributed by atoms with Crippen LogP contribution in [0.1, 0.15) is 50.7 Å². The normalized spacial score (nSPS) is 16.3. The molecule has 2 rings (SSSR count). The van der Waals surface area contributed by atoms with E-state index in [1.54, 1.807) is 11.3 Å². The second-order valence-corrected chi connectivity index (χ2v) is 7.84. The van der Waals surface area contributed by atoms with Crippen molar-refractivity contribution in [3.8, 4) is 0 Å². The number of aromatic nitrogens is 1. The SMILES string of the molecule is CCNC(=NCCCN1CCC(C)CC1)NCCc1csc(CC)n1.I. The van der Waals surface area contributed by atoms with Crippen molar-refractivity contribution >= 4 is 41.3 Å². The van der Waals surface area contributed by atoms with Gasteiger partial charge in [0.1, 0.15) is 0 Å². The highest BCUT2D eigenvalue weighted by molar-refractivity contribution is 14.0. The number of thiazole rings is 1. The number of halogens is 1. The van der Waals surface area contributed by atoms with Crippen LogP contribution in [0.25, 0.3) is 0 Å². The maximum absolute atomic E-state index is 4.72. The van der Waals surface area contributed by atoms with Gasteiger partial charge in [0.15, 0.2) is 5.96 Å². The minimum atomic E-state index is 0. The molecule has 1 aromatic rings. The van der Waals surface area contributed by atoms with E-state index in [0.717, 1.165) is 50.8 Å². The lowest BCUT2D eigenvalue weighted by Crippen LogP contribution is -2.38. The van der Waals surface area contributed by atoms with Crippen LogP contribution in [0, 0.1) is 5.92 Å². The molecule has 1 aliphatic rings. The Hall–Kier alpha value is -0.410. The van der Waals surface area contributed by atoms with Crippen LogP contribution in [0.3, 0.4) is 0 Å². The van der Waals surface area contributed by atoms with Crippen molar-refractivity contribution in [2.75, 3.05) is 39.3 Å². The number of aliphatic imine (C=N–C) groups is 1. The Morgan fingerprint density at radius 1 is 1.31 bits per heavy atom. The van der Waals surface area contributed by atoms with Gasteiger partial charge in [-0.25, -0.2) is 4.98 Å². The molecular formula is C19H36IN5S. The zero-order chi connectivity index (χ0) is 17.9. The van der Waals surface area contributed by atoms with Crippen LogP contribution in [-0.2, 0) is 12.8 Å². The van der Waals surface area contributed by atoms with Gasteiger partial charge in [0, 0.05) is 31.4 Å². The molecule has 0 radical (unpaired) electrons. The van der Waals surface area contributed by atoms with Gasteiger partial charge in [-0.2, -0.15) is 0 Å². The van der Waals surface area contributed by atoms with Gasteiger partial charge in [-0.15, -0.1) is 35.3 Å². The molecule has 150 valence electrons. The fourth-order valence-electron chi connectivity index (χ4n) is 3.05. The zero-order valence-corrected chi connectivity index (χ0v) is 19.7. The van der Waals surface area contributed by atoms with Gasteiger partial charge in [0.25, 0.3) is 0 Å². The van der Waals surface area contributed by atoms with Gasteiger partial charge in [-0.05, 0) is 58.2 Å². The number of likely N-dealkylation sites (tertiary alicyclic amines) is 1. The van der Waals surface area contributed by atoms with Gasteiger partial charge in [-0.1, -0.05) is 13.8 Å². The Balaban J connectivity index is 0.00000338. The average Bonchev–Trinajstić information content (AvgIpc) is 3.08. The number of hydrogen-bond acceptors (Lipinski definition) is 4. The Morgan fingerprint density at radius 2 is 2.08 bits per heavy atom. The first kappa shape index (κ1) is 23.6. The molecule has 0 aromatic carbocycles. The predicted octanol–water partition coefficient (Wildman–Crippen LogP) is 3.54. The largest absolute Gasteiger partial charge is 0.357 e. The fraction of sp³-hybridized carbons (Fsp3) is 0.789. The minimum Gasteiger partial charge on any atom is -0.357 e. The van der Waals surface area contributed by atoms with Crippen molar-refractivity contribution in [3.05, 3.63) is 16.1 Å². The van der Waals surface area contributed by atoms with Crippen molar-refractivity contribution in [1.29, 1.82) is 0 Å². The van der Waals surface area contributed by atoms with Crippen LogP contribution in [-0.4, -0.2) is 55.1 Å². The fourth-order valence-corrected chi connectivity index (χ4v) is 3.83. The van der Waals surface area contributed by atoms with E-state index in [9.17, 15) is 0 Å². The maximum atomic E-state index is 4.72. The second-order valence-electron chi connectivity index (χ2n) is 6.90. The molecule has 0 amide bonds. The molecular weight excluding hydrogens is 457 g/mol. The van der Waals surface area contributed by atoms with Crippen LogP contribution in [0.15, 0.2) is 10.4 Å². The molecule has 0 atom stereocenters. The summed E-state index contributed by atoms with van der Waals surface area (Å²) in [5, 5.41) is 10.2. The third kappa shape index (κ3) is 8.99. The number of aryl methyl sites for hydroxylation is 1. The quantitative estimate of drug-likeness (QED) is 0.239. The summed E-state index contributed by atoms with van der Waals surface area (Å²) in [6, 6.07) is 0. The summed E-state index contributed by atoms with van der Waals surface area (Å²) >= 11 is 1.76. The zero-order valence-electron chi connectivity index (χ0n) is 16.6. The van der Waals surface area contributed by atoms with Gasteiger partial charge in [0.2, 0.25) is 0 Å². The number of piperidine rings is 1. The second kappa shape index (κ2) is 13.7. The first-order chi connectivity index (χ1) is 12.2. The van der Waals surface area contributed by atoms with Crippen LogP contribution in [0.2, 0.25) is 0 Å². The lowest BCUT2D eigenvalue weighted by Gasteiger charge is -2.29. The number of rotatable bonds is 9. The topological polar surface area (TPSA) is 52.6 Å². The number of hydrogen-bond donors (Lipinski definition) is 2. The summed E-state index contributed by atoms with van der Waals surface area (Å²) in [4.78, 5) is 11.9. The standard InChI is InChI=1S/C19H35N5S.HI/c1-4-18-23-17(15-25-18)7-11-22-19(20-5-2)21-10-6-12-24-13-8-16(3)9-14-24;/h15-16H,4-14H2,1-3H3,(H2,20,21,22);1H. The van der Waals surface area contributed by atoms with Gasteiger partial charge in [-0.3, -0.25) is 4.99 Å². The molecule has 0 saturated carbocycles. The van der Waals surface area contributed by atoms with E-state index in [4.69, 9.17) is 4.99 Å². The Morgan fingerprint density at radius 3 is 2.73 bits per heavy atom. The number of nitrogens with zero attached hydrogens (tertiary/aromatic N) is 3. The maximum Gasteiger partial charge on any atom is 0.191 e. The summed E-state index contributed by atoms with van der Waals surface area (Å²) in [6.45, 7) is 13.0. The molecule has 2 N–H and O–H groups in total. The summed E-state index contributed by atoms with van der Waals surface area (Å²) in [5.74, 6) is 1.84. The summed E-state index contributed by atoms with van der Waals surface area (Å²) in [6.07, 6.45) is 5.82. The molecule has 0 unspecified atom stereocenters. The van der Waals surface area contributed by atoms with Gasteiger partial charge >= 0.3 is 0 Å². The van der Waals surface area contributed by atoms with Crippen molar-refractivity contribution in [2.24, 2.45) is 10.9 Å². The molecule has 0 bridgehead atoms. The molecule has 0 spiro atoms. The first-order valence-corrected chi connectivity index (χ1v) is 10.8. The number of nitrogens with one attached hydrogen (secondary N) is 2. The average molecular weight is 494 g/mol. The molecule has 5 nitrogen and oxygen atoms in total. The van der Waals surface area contributed by atoms with E-state index in [1.807, 2.05) is 0 Å². The van der Waals surface area contributed by atoms with Crippen molar-refractivity contribution in [1.82, 2.24) is 20.5 Å². The van der Waals surface area contributed by atoms with E-state index in [1.165, 1.54) is 43.2 Å². The molecule has 2 heterocycles. The van der Waals surface area contributed by atoms with Crippen molar-refractivity contribution in [3.63, 3.8) is 0 Å². The van der Waals surface area contributed by atoms with Crippen LogP contribution in [0.5, 0.6) is 0 Å². The van der Waals surface area contributed by atoms with Gasteiger partial charge < -0.3 is 15.5 Å². The third-order valence-corrected chi connectivity index (χ3v) is 5.74. The Bertz CT molecular complexity index is 512. The summed E-state index contributed by atoms with van der Waals surface area (Å²) in [7, 11) is 0. The first-order valence-electron chi connectivity index (χ1n) is 9.89. The molecule has 1 aromatic heterocycles. The highest BCUT2D eigenvalue weighted by Gasteiger charge is 2.14. The monoisotopic (exact) mass is 493 g/mol. The number of guanidine groups is 1. The van der Waals surface area contributed by atoms with E-state index in [0.29, 0.717) is 0 Å². The van der Waals surface area contributed by atoms with Crippen molar-refractivity contribution in [2.45, 2.75) is 52.9 Å². The smallest absolute Gasteiger partial charge is 0.191 e. The predicted molar refractivity (Wildman–Crippen MR) is 124 cm³/mol. The van der Waals surface area contributed by atoms with E-state index < -0.39 is 0 Å². The molecule has 7 heteroatoms. The van der Waals surface area contributed by atoms with Crippen LogP contribution in [0.4, 0.5) is 0 Å². The minimum absolute atomic E-state index is 0. The Kier molecular flexibility index (Phi) is 12.5. The molecule has 0 aliphatic carbocycles. The van der Waals surface area contributed by atoms with E-state index >= 15 is 0 Å². The van der Waals surface area contributed by atoms with E-state index in [-0.39, 0.29) is 24.0 Å². The molecule has 1 aliphatic heterocycles. The molecule has 26 heavy (non-hydrogen) atoms. The Labute approximate surface area is 180 Å². The van der Waals surface area contributed by atoms with Crippen LogP contribution < -0.4 is 10.6 Å². The van der Waals surface area contributed by atoms with Crippen molar-refractivity contribution < 1.29 is 0 Å². The lowest BCUT2D eigenvalue weighted by molar-refractivity contribution is 0.192.